The average molecular weight is 166 g/mol. The van der Waals surface area contributed by atoms with Gasteiger partial charge in [-0.05, 0) is 24.7 Å². The highest BCUT2D eigenvalue weighted by atomic mass is 16.7. The maximum atomic E-state index is 5.53. The molecule has 3 rings (SSSR count). The lowest BCUT2D eigenvalue weighted by molar-refractivity contribution is -0.0899. The summed E-state index contributed by atoms with van der Waals surface area (Å²) < 4.78 is 11.1. The molecule has 2 nitrogen and oxygen atoms in total. The van der Waals surface area contributed by atoms with Crippen LogP contribution in [0.15, 0.2) is 12.2 Å². The van der Waals surface area contributed by atoms with Gasteiger partial charge in [0.15, 0.2) is 6.29 Å². The second-order valence-electron chi connectivity index (χ2n) is 4.05. The first-order valence-corrected chi connectivity index (χ1v) is 4.85. The fourth-order valence-electron chi connectivity index (χ4n) is 2.76. The molecule has 3 unspecified atom stereocenters. The molecule has 2 fully saturated rings. The van der Waals surface area contributed by atoms with Crippen LogP contribution in [0.25, 0.3) is 0 Å². The normalized spacial score (nSPS) is 46.2. The van der Waals surface area contributed by atoms with Gasteiger partial charge in [-0.3, -0.25) is 0 Å². The number of rotatable bonds is 1. The van der Waals surface area contributed by atoms with E-state index in [-0.39, 0.29) is 6.29 Å². The molecular formula is C10H14O2. The molecule has 0 radical (unpaired) electrons. The Hall–Kier alpha value is -0.340. The molecule has 2 bridgehead atoms. The van der Waals surface area contributed by atoms with Crippen molar-refractivity contribution in [2.75, 3.05) is 13.2 Å². The topological polar surface area (TPSA) is 18.5 Å². The molecule has 0 aromatic heterocycles. The van der Waals surface area contributed by atoms with Crippen LogP contribution in [-0.4, -0.2) is 19.5 Å². The van der Waals surface area contributed by atoms with Crippen LogP contribution in [0, 0.1) is 17.8 Å². The number of fused-ring (bicyclic) bond motifs is 2. The van der Waals surface area contributed by atoms with E-state index in [2.05, 4.69) is 12.2 Å². The van der Waals surface area contributed by atoms with E-state index in [0.717, 1.165) is 25.0 Å². The molecular weight excluding hydrogens is 152 g/mol. The summed E-state index contributed by atoms with van der Waals surface area (Å²) in [7, 11) is 0. The van der Waals surface area contributed by atoms with Crippen molar-refractivity contribution in [3.8, 4) is 0 Å². The van der Waals surface area contributed by atoms with Crippen molar-refractivity contribution >= 4 is 0 Å². The first-order chi connectivity index (χ1) is 5.93. The highest BCUT2D eigenvalue weighted by Gasteiger charge is 2.42. The van der Waals surface area contributed by atoms with Gasteiger partial charge >= 0.3 is 0 Å². The summed E-state index contributed by atoms with van der Waals surface area (Å²) in [6.07, 6.45) is 7.45. The Balaban J connectivity index is 1.74. The number of allylic oxidation sites excluding steroid dienone is 2. The maximum Gasteiger partial charge on any atom is 0.161 e. The van der Waals surface area contributed by atoms with Crippen LogP contribution in [0.4, 0.5) is 0 Å². The molecule has 1 saturated heterocycles. The second kappa shape index (κ2) is 2.57. The fourth-order valence-corrected chi connectivity index (χ4v) is 2.76. The summed E-state index contributed by atoms with van der Waals surface area (Å²) in [5.41, 5.74) is 0. The smallest absolute Gasteiger partial charge is 0.161 e. The quantitative estimate of drug-likeness (QED) is 0.550. The van der Waals surface area contributed by atoms with Gasteiger partial charge in [-0.2, -0.15) is 0 Å². The first kappa shape index (κ1) is 7.10. The molecule has 2 heteroatoms. The Morgan fingerprint density at radius 2 is 1.83 bits per heavy atom. The van der Waals surface area contributed by atoms with E-state index >= 15 is 0 Å². The third-order valence-corrected chi connectivity index (χ3v) is 3.33. The average Bonchev–Trinajstić information content (AvgIpc) is 2.81. The minimum absolute atomic E-state index is 0.116. The van der Waals surface area contributed by atoms with E-state index in [1.807, 2.05) is 0 Å². The molecule has 66 valence electrons. The van der Waals surface area contributed by atoms with Crippen molar-refractivity contribution in [2.24, 2.45) is 17.8 Å². The van der Waals surface area contributed by atoms with Crippen LogP contribution in [-0.2, 0) is 9.47 Å². The molecule has 12 heavy (non-hydrogen) atoms. The lowest BCUT2D eigenvalue weighted by atomic mass is 9.93. The molecule has 3 atom stereocenters. The molecule has 0 spiro atoms. The maximum absolute atomic E-state index is 5.53. The second-order valence-corrected chi connectivity index (χ2v) is 4.05. The summed E-state index contributed by atoms with van der Waals surface area (Å²) in [6.45, 7) is 1.59. The number of hydrogen-bond donors (Lipinski definition) is 0. The van der Waals surface area contributed by atoms with E-state index in [9.17, 15) is 0 Å². The minimum Gasteiger partial charge on any atom is -0.350 e. The monoisotopic (exact) mass is 166 g/mol. The molecule has 1 heterocycles. The molecule has 1 aliphatic heterocycles. The Bertz CT molecular complexity index is 206. The van der Waals surface area contributed by atoms with Gasteiger partial charge in [0, 0.05) is 5.92 Å². The van der Waals surface area contributed by atoms with Gasteiger partial charge in [0.2, 0.25) is 0 Å². The van der Waals surface area contributed by atoms with Crippen LogP contribution in [0.3, 0.4) is 0 Å². The van der Waals surface area contributed by atoms with Gasteiger partial charge in [-0.25, -0.2) is 0 Å². The van der Waals surface area contributed by atoms with Crippen LogP contribution < -0.4 is 0 Å². The van der Waals surface area contributed by atoms with Gasteiger partial charge in [0.1, 0.15) is 0 Å². The predicted octanol–water partition coefficient (Wildman–Crippen LogP) is 1.57. The predicted molar refractivity (Wildman–Crippen MR) is 44.5 cm³/mol. The zero-order valence-electron chi connectivity index (χ0n) is 7.11. The Labute approximate surface area is 72.5 Å². The summed E-state index contributed by atoms with van der Waals surface area (Å²) in [6, 6.07) is 0. The molecule has 0 amide bonds. The number of ether oxygens (including phenoxy) is 2. The van der Waals surface area contributed by atoms with Crippen molar-refractivity contribution in [3.05, 3.63) is 12.2 Å². The summed E-state index contributed by atoms with van der Waals surface area (Å²) >= 11 is 0. The summed E-state index contributed by atoms with van der Waals surface area (Å²) in [5.74, 6) is 2.23. The highest BCUT2D eigenvalue weighted by Crippen LogP contribution is 2.46. The van der Waals surface area contributed by atoms with Crippen LogP contribution in [0.5, 0.6) is 0 Å². The van der Waals surface area contributed by atoms with Crippen LogP contribution in [0.2, 0.25) is 0 Å². The number of hydrogen-bond acceptors (Lipinski definition) is 2. The molecule has 2 aliphatic carbocycles. The van der Waals surface area contributed by atoms with Crippen molar-refractivity contribution in [3.63, 3.8) is 0 Å². The van der Waals surface area contributed by atoms with Crippen molar-refractivity contribution in [1.82, 2.24) is 0 Å². The molecule has 0 aromatic rings. The third kappa shape index (κ3) is 0.947. The zero-order chi connectivity index (χ0) is 7.97. The fraction of sp³-hybridized carbons (Fsp3) is 0.800. The molecule has 0 N–H and O–H groups in total. The summed E-state index contributed by atoms with van der Waals surface area (Å²) in [5, 5.41) is 0. The van der Waals surface area contributed by atoms with Crippen LogP contribution >= 0.6 is 0 Å². The molecule has 3 aliphatic rings. The standard InChI is InChI=1S/C10H14O2/c1-2-8-5-7(1)6-9(8)10-11-3-4-12-10/h1-2,7-10H,3-6H2. The summed E-state index contributed by atoms with van der Waals surface area (Å²) in [4.78, 5) is 0. The van der Waals surface area contributed by atoms with E-state index < -0.39 is 0 Å². The lowest BCUT2D eigenvalue weighted by Crippen LogP contribution is -2.24. The van der Waals surface area contributed by atoms with Gasteiger partial charge < -0.3 is 9.47 Å². The van der Waals surface area contributed by atoms with Crippen molar-refractivity contribution < 1.29 is 9.47 Å². The minimum atomic E-state index is 0.116. The van der Waals surface area contributed by atoms with E-state index in [1.54, 1.807) is 0 Å². The Kier molecular flexibility index (Phi) is 1.52. The largest absolute Gasteiger partial charge is 0.350 e. The zero-order valence-corrected chi connectivity index (χ0v) is 7.11. The third-order valence-electron chi connectivity index (χ3n) is 3.33. The van der Waals surface area contributed by atoms with Crippen molar-refractivity contribution in [2.45, 2.75) is 19.1 Å². The SMILES string of the molecule is C1=CC2CC1CC2C1OCCO1. The van der Waals surface area contributed by atoms with Gasteiger partial charge in [0.25, 0.3) is 0 Å². The van der Waals surface area contributed by atoms with Crippen molar-refractivity contribution in [1.29, 1.82) is 0 Å². The van der Waals surface area contributed by atoms with Gasteiger partial charge in [-0.1, -0.05) is 12.2 Å². The molecule has 1 saturated carbocycles. The van der Waals surface area contributed by atoms with E-state index in [1.165, 1.54) is 12.8 Å². The Morgan fingerprint density at radius 3 is 2.42 bits per heavy atom. The highest BCUT2D eigenvalue weighted by molar-refractivity contribution is 5.10. The molecule has 0 aromatic carbocycles. The Morgan fingerprint density at radius 1 is 1.00 bits per heavy atom. The van der Waals surface area contributed by atoms with Crippen LogP contribution in [0.1, 0.15) is 12.8 Å². The van der Waals surface area contributed by atoms with E-state index in [0.29, 0.717) is 5.92 Å². The van der Waals surface area contributed by atoms with Gasteiger partial charge in [0.05, 0.1) is 13.2 Å². The first-order valence-electron chi connectivity index (χ1n) is 4.85. The van der Waals surface area contributed by atoms with Gasteiger partial charge in [-0.15, -0.1) is 0 Å². The lowest BCUT2D eigenvalue weighted by Gasteiger charge is -2.22. The van der Waals surface area contributed by atoms with E-state index in [4.69, 9.17) is 9.47 Å².